The van der Waals surface area contributed by atoms with Crippen LogP contribution in [-0.4, -0.2) is 99.0 Å². The Morgan fingerprint density at radius 1 is 0.979 bits per heavy atom. The van der Waals surface area contributed by atoms with Crippen LogP contribution in [0.1, 0.15) is 113 Å². The standard InChI is InChI=1S/C38H66O9/c1-10-38-17-13-22(37(8,45-9)15-11-12-21(2)3)28(38)23(40)18-26-35(6)16-14-27(41)34(4,5)32(35)24(19-36(26,38)7)46-33-31(44)30(43)29(42)25(20-39)47-33/h12,22-33,39-44H,10-11,13-20H2,1-9H3/t22-,23+,24-,25+,26+,27-,28-,29+,30-,31+,32-,33+,35+,36+,37-,38+/m0/s1. The van der Waals surface area contributed by atoms with Crippen molar-refractivity contribution in [1.29, 1.82) is 0 Å². The normalized spacial score (nSPS) is 50.5. The Hall–Kier alpha value is -0.620. The van der Waals surface area contributed by atoms with E-state index in [2.05, 4.69) is 61.5 Å². The second kappa shape index (κ2) is 13.2. The molecule has 9 heteroatoms. The number of aliphatic hydroxyl groups excluding tert-OH is 6. The Morgan fingerprint density at radius 2 is 1.66 bits per heavy atom. The van der Waals surface area contributed by atoms with E-state index >= 15 is 0 Å². The van der Waals surface area contributed by atoms with Gasteiger partial charge in [-0.2, -0.15) is 0 Å². The Balaban J connectivity index is 1.58. The second-order valence-electron chi connectivity index (χ2n) is 17.7. The fourth-order valence-electron chi connectivity index (χ4n) is 12.7. The van der Waals surface area contributed by atoms with Gasteiger partial charge in [-0.3, -0.25) is 0 Å². The van der Waals surface area contributed by atoms with Crippen molar-refractivity contribution in [3.05, 3.63) is 11.6 Å². The monoisotopic (exact) mass is 666 g/mol. The number of aliphatic hydroxyl groups is 6. The lowest BCUT2D eigenvalue weighted by Gasteiger charge is -2.72. The molecule has 1 heterocycles. The SMILES string of the molecule is CC[C@@]12CC[C@H]([C@](C)(CCC=C(C)C)OC)[C@H]1[C@H](O)C[C@@H]1[C@@]3(C)CC[C@H](O)C(C)(C)[C@@H]3[C@@H](O[C@@H]3O[C@H](CO)[C@@H](O)[C@H](O)[C@H]3O)C[C@]12C. The highest BCUT2D eigenvalue weighted by atomic mass is 16.7. The molecule has 0 bridgehead atoms. The van der Waals surface area contributed by atoms with Gasteiger partial charge in [0, 0.05) is 7.11 Å². The summed E-state index contributed by atoms with van der Waals surface area (Å²) < 4.78 is 19.1. The maximum atomic E-state index is 12.4. The molecular weight excluding hydrogens is 600 g/mol. The van der Waals surface area contributed by atoms with E-state index in [0.29, 0.717) is 19.3 Å². The van der Waals surface area contributed by atoms with E-state index in [9.17, 15) is 30.6 Å². The fraction of sp³-hybridized carbons (Fsp3) is 0.947. The van der Waals surface area contributed by atoms with Gasteiger partial charge < -0.3 is 44.8 Å². The molecule has 5 fully saturated rings. The zero-order chi connectivity index (χ0) is 34.9. The third kappa shape index (κ3) is 5.70. The van der Waals surface area contributed by atoms with Crippen molar-refractivity contribution in [3.63, 3.8) is 0 Å². The van der Waals surface area contributed by atoms with Gasteiger partial charge in [-0.25, -0.2) is 0 Å². The number of hydrogen-bond acceptors (Lipinski definition) is 9. The van der Waals surface area contributed by atoms with E-state index in [0.717, 1.165) is 38.5 Å². The molecule has 47 heavy (non-hydrogen) atoms. The van der Waals surface area contributed by atoms with Crippen LogP contribution in [0.4, 0.5) is 0 Å². The molecule has 9 nitrogen and oxygen atoms in total. The topological polar surface area (TPSA) is 149 Å². The number of ether oxygens (including phenoxy) is 3. The number of fused-ring (bicyclic) bond motifs is 5. The van der Waals surface area contributed by atoms with Gasteiger partial charge in [0.15, 0.2) is 6.29 Å². The summed E-state index contributed by atoms with van der Waals surface area (Å²) in [5.74, 6) is 0.268. The summed E-state index contributed by atoms with van der Waals surface area (Å²) in [6.07, 6.45) is 1.44. The molecule has 4 saturated carbocycles. The van der Waals surface area contributed by atoms with E-state index in [1.54, 1.807) is 0 Å². The molecule has 0 aromatic carbocycles. The lowest BCUT2D eigenvalue weighted by molar-refractivity contribution is -0.348. The minimum Gasteiger partial charge on any atom is -0.394 e. The first-order valence-electron chi connectivity index (χ1n) is 18.4. The maximum absolute atomic E-state index is 12.4. The minimum atomic E-state index is -1.53. The third-order valence-electron chi connectivity index (χ3n) is 15.1. The summed E-state index contributed by atoms with van der Waals surface area (Å²) in [5, 5.41) is 65.9. The van der Waals surface area contributed by atoms with Gasteiger partial charge in [-0.05, 0) is 124 Å². The Bertz CT molecular complexity index is 1140. The van der Waals surface area contributed by atoms with E-state index in [-0.39, 0.29) is 45.5 Å². The van der Waals surface area contributed by atoms with Crippen LogP contribution in [0.15, 0.2) is 11.6 Å². The van der Waals surface area contributed by atoms with E-state index in [4.69, 9.17) is 14.2 Å². The predicted octanol–water partition coefficient (Wildman–Crippen LogP) is 4.34. The van der Waals surface area contributed by atoms with Crippen molar-refractivity contribution in [2.24, 2.45) is 45.3 Å². The van der Waals surface area contributed by atoms with Crippen LogP contribution < -0.4 is 0 Å². The zero-order valence-electron chi connectivity index (χ0n) is 30.5. The first-order valence-corrected chi connectivity index (χ1v) is 18.4. The van der Waals surface area contributed by atoms with E-state index in [1.165, 1.54) is 5.57 Å². The average molecular weight is 667 g/mol. The molecule has 0 spiro atoms. The lowest BCUT2D eigenvalue weighted by Crippen LogP contribution is -2.71. The van der Waals surface area contributed by atoms with Crippen molar-refractivity contribution in [2.75, 3.05) is 13.7 Å². The van der Waals surface area contributed by atoms with Gasteiger partial charge in [-0.15, -0.1) is 0 Å². The molecule has 6 N–H and O–H groups in total. The van der Waals surface area contributed by atoms with Crippen LogP contribution in [0.2, 0.25) is 0 Å². The summed E-state index contributed by atoms with van der Waals surface area (Å²) in [6, 6.07) is 0. The quantitative estimate of drug-likeness (QED) is 0.156. The van der Waals surface area contributed by atoms with Crippen molar-refractivity contribution >= 4 is 0 Å². The van der Waals surface area contributed by atoms with Crippen molar-refractivity contribution in [3.8, 4) is 0 Å². The number of rotatable bonds is 9. The molecule has 0 radical (unpaired) electrons. The van der Waals surface area contributed by atoms with Gasteiger partial charge in [0.1, 0.15) is 24.4 Å². The molecule has 272 valence electrons. The molecule has 1 aliphatic heterocycles. The molecule has 4 aliphatic carbocycles. The van der Waals surface area contributed by atoms with Gasteiger partial charge in [0.2, 0.25) is 0 Å². The molecule has 0 amide bonds. The van der Waals surface area contributed by atoms with Crippen molar-refractivity contribution in [1.82, 2.24) is 0 Å². The zero-order valence-corrected chi connectivity index (χ0v) is 30.5. The largest absolute Gasteiger partial charge is 0.394 e. The van der Waals surface area contributed by atoms with Crippen LogP contribution in [0.5, 0.6) is 0 Å². The van der Waals surface area contributed by atoms with E-state index < -0.39 is 61.0 Å². The summed E-state index contributed by atoms with van der Waals surface area (Å²) in [7, 11) is 1.82. The number of hydrogen-bond donors (Lipinski definition) is 6. The molecule has 0 aromatic heterocycles. The van der Waals surface area contributed by atoms with E-state index in [1.807, 2.05) is 7.11 Å². The Kier molecular flexibility index (Phi) is 10.5. The van der Waals surface area contributed by atoms with Gasteiger partial charge in [0.25, 0.3) is 0 Å². The van der Waals surface area contributed by atoms with Crippen molar-refractivity contribution in [2.45, 2.75) is 168 Å². The van der Waals surface area contributed by atoms with Crippen molar-refractivity contribution < 1.29 is 44.8 Å². The lowest BCUT2D eigenvalue weighted by atomic mass is 9.34. The molecule has 5 aliphatic rings. The Morgan fingerprint density at radius 3 is 2.26 bits per heavy atom. The minimum absolute atomic E-state index is 0.0423. The molecule has 16 atom stereocenters. The highest BCUT2D eigenvalue weighted by Crippen LogP contribution is 2.77. The highest BCUT2D eigenvalue weighted by molar-refractivity contribution is 5.22. The van der Waals surface area contributed by atoms with Crippen LogP contribution in [0.3, 0.4) is 0 Å². The summed E-state index contributed by atoms with van der Waals surface area (Å²) in [6.45, 7) is 17.2. The molecule has 0 aromatic rings. The first kappa shape index (κ1) is 37.6. The third-order valence-corrected chi connectivity index (χ3v) is 15.1. The van der Waals surface area contributed by atoms with Crippen LogP contribution in [-0.2, 0) is 14.2 Å². The first-order chi connectivity index (χ1) is 21.9. The predicted molar refractivity (Wildman–Crippen MR) is 179 cm³/mol. The molecule has 5 rings (SSSR count). The Labute approximate surface area is 283 Å². The van der Waals surface area contributed by atoms with Gasteiger partial charge in [0.05, 0.1) is 30.5 Å². The van der Waals surface area contributed by atoms with Gasteiger partial charge in [-0.1, -0.05) is 46.3 Å². The average Bonchev–Trinajstić information content (AvgIpc) is 3.44. The van der Waals surface area contributed by atoms with Gasteiger partial charge >= 0.3 is 0 Å². The van der Waals surface area contributed by atoms with Crippen LogP contribution in [0, 0.1) is 45.3 Å². The maximum Gasteiger partial charge on any atom is 0.186 e. The number of allylic oxidation sites excluding steroid dienone is 2. The summed E-state index contributed by atoms with van der Waals surface area (Å²) >= 11 is 0. The summed E-state index contributed by atoms with van der Waals surface area (Å²) in [4.78, 5) is 0. The second-order valence-corrected chi connectivity index (χ2v) is 17.7. The summed E-state index contributed by atoms with van der Waals surface area (Å²) in [5.41, 5.74) is -0.372. The fourth-order valence-corrected chi connectivity index (χ4v) is 12.7. The van der Waals surface area contributed by atoms with Crippen LogP contribution in [0.25, 0.3) is 0 Å². The molecular formula is C38H66O9. The molecule has 0 unspecified atom stereocenters. The molecule has 1 saturated heterocycles. The van der Waals surface area contributed by atoms with Crippen LogP contribution >= 0.6 is 0 Å². The number of methoxy groups -OCH3 is 1. The smallest absolute Gasteiger partial charge is 0.186 e. The highest BCUT2D eigenvalue weighted by Gasteiger charge is 2.74.